The van der Waals surface area contributed by atoms with Crippen molar-refractivity contribution in [2.75, 3.05) is 6.54 Å². The SMILES string of the molecule is O=C(CNC(=O)c1cc(C(F)(F)F)cc(C(F)(F)F)c1)NCc1ccccc1. The quantitative estimate of drug-likeness (QED) is 0.746. The summed E-state index contributed by atoms with van der Waals surface area (Å²) < 4.78 is 76.9. The molecule has 0 bridgehead atoms. The van der Waals surface area contributed by atoms with E-state index in [1.807, 2.05) is 5.32 Å². The van der Waals surface area contributed by atoms with Gasteiger partial charge in [0.25, 0.3) is 5.91 Å². The van der Waals surface area contributed by atoms with Crippen molar-refractivity contribution in [2.45, 2.75) is 18.9 Å². The van der Waals surface area contributed by atoms with Gasteiger partial charge >= 0.3 is 12.4 Å². The number of rotatable bonds is 5. The molecule has 0 heterocycles. The van der Waals surface area contributed by atoms with Gasteiger partial charge in [-0.3, -0.25) is 9.59 Å². The first kappa shape index (κ1) is 21.3. The molecule has 4 nitrogen and oxygen atoms in total. The summed E-state index contributed by atoms with van der Waals surface area (Å²) in [5.74, 6) is -1.88. The fourth-order valence-corrected chi connectivity index (χ4v) is 2.21. The van der Waals surface area contributed by atoms with Crippen LogP contribution in [-0.4, -0.2) is 18.4 Å². The van der Waals surface area contributed by atoms with E-state index in [1.165, 1.54) is 0 Å². The zero-order chi connectivity index (χ0) is 20.9. The van der Waals surface area contributed by atoms with Crippen LogP contribution < -0.4 is 10.6 Å². The maximum Gasteiger partial charge on any atom is 0.416 e. The van der Waals surface area contributed by atoms with E-state index in [1.54, 1.807) is 30.3 Å². The van der Waals surface area contributed by atoms with Crippen molar-refractivity contribution < 1.29 is 35.9 Å². The Bertz CT molecular complexity index is 815. The minimum atomic E-state index is -5.07. The Morgan fingerprint density at radius 2 is 1.32 bits per heavy atom. The molecule has 2 rings (SSSR count). The molecule has 28 heavy (non-hydrogen) atoms. The lowest BCUT2D eigenvalue weighted by Gasteiger charge is -2.14. The van der Waals surface area contributed by atoms with Gasteiger partial charge in [-0.05, 0) is 23.8 Å². The number of alkyl halides is 6. The van der Waals surface area contributed by atoms with Gasteiger partial charge in [0.05, 0.1) is 17.7 Å². The van der Waals surface area contributed by atoms with Crippen molar-refractivity contribution in [3.8, 4) is 0 Å². The molecule has 2 amide bonds. The molecule has 150 valence electrons. The van der Waals surface area contributed by atoms with Crippen molar-refractivity contribution in [3.05, 3.63) is 70.8 Å². The van der Waals surface area contributed by atoms with E-state index < -0.39 is 47.4 Å². The number of benzene rings is 2. The lowest BCUT2D eigenvalue weighted by atomic mass is 10.0. The third kappa shape index (κ3) is 6.00. The molecule has 0 fully saturated rings. The Morgan fingerprint density at radius 1 is 0.786 bits per heavy atom. The van der Waals surface area contributed by atoms with Gasteiger partial charge in [0.15, 0.2) is 0 Å². The molecule has 0 saturated heterocycles. The number of nitrogens with one attached hydrogen (secondary N) is 2. The van der Waals surface area contributed by atoms with Gasteiger partial charge in [-0.25, -0.2) is 0 Å². The van der Waals surface area contributed by atoms with Crippen LogP contribution in [0.25, 0.3) is 0 Å². The summed E-state index contributed by atoms with van der Waals surface area (Å²) in [6.45, 7) is -0.458. The Kier molecular flexibility index (Phi) is 6.32. The Labute approximate surface area is 155 Å². The summed E-state index contributed by atoms with van der Waals surface area (Å²) in [5.41, 5.74) is -3.30. The summed E-state index contributed by atoms with van der Waals surface area (Å²) in [6.07, 6.45) is -10.1. The van der Waals surface area contributed by atoms with Gasteiger partial charge in [-0.1, -0.05) is 30.3 Å². The van der Waals surface area contributed by atoms with Gasteiger partial charge in [0.2, 0.25) is 5.91 Å². The molecule has 0 aliphatic carbocycles. The molecule has 2 N–H and O–H groups in total. The highest BCUT2D eigenvalue weighted by Crippen LogP contribution is 2.36. The van der Waals surface area contributed by atoms with Crippen molar-refractivity contribution >= 4 is 11.8 Å². The maximum absolute atomic E-state index is 12.8. The highest BCUT2D eigenvalue weighted by Gasteiger charge is 2.37. The van der Waals surface area contributed by atoms with E-state index in [4.69, 9.17) is 0 Å². The standard InChI is InChI=1S/C18H14F6N2O2/c19-17(20,21)13-6-12(7-14(8-13)18(22,23)24)16(28)26-10-15(27)25-9-11-4-2-1-3-5-11/h1-8H,9-10H2,(H,25,27)(H,26,28). The van der Waals surface area contributed by atoms with Crippen LogP contribution in [0, 0.1) is 0 Å². The van der Waals surface area contributed by atoms with Crippen molar-refractivity contribution in [3.63, 3.8) is 0 Å². The summed E-state index contributed by atoms with van der Waals surface area (Å²) in [6, 6.07) is 9.25. The van der Waals surface area contributed by atoms with E-state index in [0.29, 0.717) is 12.1 Å². The zero-order valence-corrected chi connectivity index (χ0v) is 14.1. The average Bonchev–Trinajstić information content (AvgIpc) is 2.63. The summed E-state index contributed by atoms with van der Waals surface area (Å²) in [7, 11) is 0. The fourth-order valence-electron chi connectivity index (χ4n) is 2.21. The Hall–Kier alpha value is -3.04. The van der Waals surface area contributed by atoms with Gasteiger partial charge in [0.1, 0.15) is 0 Å². The summed E-state index contributed by atoms with van der Waals surface area (Å²) in [5, 5.41) is 4.47. The topological polar surface area (TPSA) is 58.2 Å². The van der Waals surface area contributed by atoms with Crippen molar-refractivity contribution in [2.24, 2.45) is 0 Å². The number of carbonyl (C=O) groups excluding carboxylic acids is 2. The molecule has 2 aromatic rings. The zero-order valence-electron chi connectivity index (χ0n) is 14.1. The number of hydrogen-bond acceptors (Lipinski definition) is 2. The van der Waals surface area contributed by atoms with Crippen LogP contribution in [0.15, 0.2) is 48.5 Å². The number of hydrogen-bond donors (Lipinski definition) is 2. The number of amides is 2. The molecule has 0 radical (unpaired) electrons. The Morgan fingerprint density at radius 3 is 1.82 bits per heavy atom. The van der Waals surface area contributed by atoms with E-state index >= 15 is 0 Å². The average molecular weight is 404 g/mol. The minimum absolute atomic E-state index is 0.0800. The van der Waals surface area contributed by atoms with Crippen LogP contribution >= 0.6 is 0 Å². The normalized spacial score (nSPS) is 11.8. The van der Waals surface area contributed by atoms with Gasteiger partial charge in [0, 0.05) is 12.1 Å². The molecule has 0 aliphatic rings. The fraction of sp³-hybridized carbons (Fsp3) is 0.222. The van der Waals surface area contributed by atoms with Crippen LogP contribution in [0.5, 0.6) is 0 Å². The molecule has 0 aromatic heterocycles. The molecule has 0 spiro atoms. The van der Waals surface area contributed by atoms with Gasteiger partial charge < -0.3 is 10.6 Å². The maximum atomic E-state index is 12.8. The molecule has 2 aromatic carbocycles. The van der Waals surface area contributed by atoms with E-state index in [9.17, 15) is 35.9 Å². The van der Waals surface area contributed by atoms with Crippen LogP contribution in [0.3, 0.4) is 0 Å². The minimum Gasteiger partial charge on any atom is -0.350 e. The third-order valence-electron chi connectivity index (χ3n) is 3.59. The molecule has 0 aliphatic heterocycles. The van der Waals surface area contributed by atoms with Crippen LogP contribution in [0.4, 0.5) is 26.3 Å². The lowest BCUT2D eigenvalue weighted by molar-refractivity contribution is -0.143. The second-order valence-corrected chi connectivity index (χ2v) is 5.74. The van der Waals surface area contributed by atoms with Crippen LogP contribution in [0.1, 0.15) is 27.0 Å². The van der Waals surface area contributed by atoms with E-state index in [2.05, 4.69) is 5.32 Å². The summed E-state index contributed by atoms with van der Waals surface area (Å²) in [4.78, 5) is 23.7. The second-order valence-electron chi connectivity index (χ2n) is 5.74. The molecule has 0 unspecified atom stereocenters. The second kappa shape index (κ2) is 8.32. The lowest BCUT2D eigenvalue weighted by Crippen LogP contribution is -2.36. The van der Waals surface area contributed by atoms with Crippen LogP contribution in [-0.2, 0) is 23.7 Å². The highest BCUT2D eigenvalue weighted by atomic mass is 19.4. The molecule has 0 saturated carbocycles. The van der Waals surface area contributed by atoms with E-state index in [-0.39, 0.29) is 12.6 Å². The number of halogens is 6. The van der Waals surface area contributed by atoms with Gasteiger partial charge in [-0.2, -0.15) is 26.3 Å². The third-order valence-corrected chi connectivity index (χ3v) is 3.59. The number of carbonyl (C=O) groups is 2. The van der Waals surface area contributed by atoms with Crippen molar-refractivity contribution in [1.29, 1.82) is 0 Å². The monoisotopic (exact) mass is 404 g/mol. The van der Waals surface area contributed by atoms with Crippen LogP contribution in [0.2, 0.25) is 0 Å². The smallest absolute Gasteiger partial charge is 0.350 e. The first-order chi connectivity index (χ1) is 13.0. The Balaban J connectivity index is 2.05. The molecule has 0 atom stereocenters. The largest absolute Gasteiger partial charge is 0.416 e. The first-order valence-electron chi connectivity index (χ1n) is 7.85. The van der Waals surface area contributed by atoms with Gasteiger partial charge in [-0.15, -0.1) is 0 Å². The first-order valence-corrected chi connectivity index (χ1v) is 7.85. The summed E-state index contributed by atoms with van der Waals surface area (Å²) >= 11 is 0. The highest BCUT2D eigenvalue weighted by molar-refractivity contribution is 5.96. The van der Waals surface area contributed by atoms with E-state index in [0.717, 1.165) is 5.56 Å². The molecule has 10 heteroatoms. The molecular weight excluding hydrogens is 390 g/mol. The predicted molar refractivity (Wildman–Crippen MR) is 87.1 cm³/mol. The van der Waals surface area contributed by atoms with Crippen molar-refractivity contribution in [1.82, 2.24) is 10.6 Å². The predicted octanol–water partition coefficient (Wildman–Crippen LogP) is 3.77. The molecular formula is C18H14F6N2O2.